The number of hydrogen-bond acceptors (Lipinski definition) is 2. The van der Waals surface area contributed by atoms with E-state index in [4.69, 9.17) is 9.90 Å². The van der Waals surface area contributed by atoms with E-state index in [0.29, 0.717) is 0 Å². The van der Waals surface area contributed by atoms with Crippen LogP contribution in [-0.4, -0.2) is 16.1 Å². The third kappa shape index (κ3) is 9.35. The van der Waals surface area contributed by atoms with Crippen molar-refractivity contribution in [3.8, 4) is 0 Å². The van der Waals surface area contributed by atoms with Crippen molar-refractivity contribution in [3.63, 3.8) is 0 Å². The first-order valence-corrected chi connectivity index (χ1v) is 3.96. The van der Waals surface area contributed by atoms with Gasteiger partial charge in [0.15, 0.2) is 0 Å². The van der Waals surface area contributed by atoms with Gasteiger partial charge in [-0.2, -0.15) is 0 Å². The van der Waals surface area contributed by atoms with Gasteiger partial charge in [0.2, 0.25) is 0 Å². The number of nitrogens with zero attached hydrogens (tertiary/aromatic N) is 1. The summed E-state index contributed by atoms with van der Waals surface area (Å²) in [5, 5.41) is 7.42. The van der Waals surface area contributed by atoms with Gasteiger partial charge in [0.25, 0.3) is 5.97 Å². The van der Waals surface area contributed by atoms with E-state index in [1.807, 2.05) is 12.1 Å². The summed E-state index contributed by atoms with van der Waals surface area (Å²) in [6.45, 7) is 1.08. The molecule has 1 heterocycles. The third-order valence-corrected chi connectivity index (χ3v) is 1.36. The molecule has 0 unspecified atom stereocenters. The fourth-order valence-corrected chi connectivity index (χ4v) is 0.655. The summed E-state index contributed by atoms with van der Waals surface area (Å²) in [5.41, 5.74) is 0. The van der Waals surface area contributed by atoms with Crippen LogP contribution in [0.5, 0.6) is 0 Å². The second-order valence-corrected chi connectivity index (χ2v) is 2.93. The van der Waals surface area contributed by atoms with Gasteiger partial charge in [-0.1, -0.05) is 0 Å². The fourth-order valence-electron chi connectivity index (χ4n) is 0.334. The number of aromatic nitrogens is 1. The van der Waals surface area contributed by atoms with Crippen LogP contribution in [0.4, 0.5) is 0 Å². The molecule has 0 aliphatic carbocycles. The van der Waals surface area contributed by atoms with Crippen LogP contribution >= 0.6 is 22.6 Å². The predicted molar refractivity (Wildman–Crippen MR) is 50.3 cm³/mol. The summed E-state index contributed by atoms with van der Waals surface area (Å²) in [6.07, 6.45) is 3.56. The highest BCUT2D eigenvalue weighted by atomic mass is 127. The molecule has 4 heteroatoms. The number of carbonyl (C=O) groups is 1. The molecule has 1 aromatic rings. The largest absolute Gasteiger partial charge is 0.481 e. The Morgan fingerprint density at radius 1 is 1.55 bits per heavy atom. The highest BCUT2D eigenvalue weighted by Gasteiger charge is 1.75. The Labute approximate surface area is 78.6 Å². The lowest BCUT2D eigenvalue weighted by Crippen LogP contribution is -1.78. The normalized spacial score (nSPS) is 7.82. The summed E-state index contributed by atoms with van der Waals surface area (Å²) < 4.78 is 1.23. The van der Waals surface area contributed by atoms with Crippen molar-refractivity contribution in [1.82, 2.24) is 4.98 Å². The molecule has 0 saturated heterocycles. The lowest BCUT2D eigenvalue weighted by Gasteiger charge is -1.80. The van der Waals surface area contributed by atoms with Crippen molar-refractivity contribution >= 4 is 28.6 Å². The average Bonchev–Trinajstić information content (AvgIpc) is 1.87. The maximum atomic E-state index is 9.00. The van der Waals surface area contributed by atoms with Crippen LogP contribution < -0.4 is 0 Å². The minimum atomic E-state index is -0.833. The monoisotopic (exact) mass is 265 g/mol. The highest BCUT2D eigenvalue weighted by molar-refractivity contribution is 14.1. The van der Waals surface area contributed by atoms with Gasteiger partial charge in [0.05, 0.1) is 0 Å². The van der Waals surface area contributed by atoms with Crippen molar-refractivity contribution in [2.75, 3.05) is 0 Å². The highest BCUT2D eigenvalue weighted by Crippen LogP contribution is 1.97. The topological polar surface area (TPSA) is 50.2 Å². The van der Waals surface area contributed by atoms with Crippen LogP contribution in [0.2, 0.25) is 0 Å². The molecule has 3 nitrogen and oxygen atoms in total. The second-order valence-electron chi connectivity index (χ2n) is 1.68. The molecular formula is C7H8INO2. The summed E-state index contributed by atoms with van der Waals surface area (Å²) >= 11 is 2.24. The van der Waals surface area contributed by atoms with Gasteiger partial charge in [0.1, 0.15) is 0 Å². The Balaban J connectivity index is 0.000000218. The molecule has 1 aromatic heterocycles. The molecule has 0 aliphatic rings. The molecule has 1 N–H and O–H groups in total. The molecule has 0 radical (unpaired) electrons. The third-order valence-electron chi connectivity index (χ3n) is 0.640. The maximum absolute atomic E-state index is 9.00. The molecule has 0 aliphatic heterocycles. The van der Waals surface area contributed by atoms with E-state index in [1.165, 1.54) is 3.57 Å². The zero-order valence-electron chi connectivity index (χ0n) is 5.99. The maximum Gasteiger partial charge on any atom is 0.300 e. The molecule has 0 saturated carbocycles. The minimum absolute atomic E-state index is 0.833. The van der Waals surface area contributed by atoms with Crippen molar-refractivity contribution in [2.45, 2.75) is 6.92 Å². The van der Waals surface area contributed by atoms with E-state index in [9.17, 15) is 0 Å². The first-order valence-electron chi connectivity index (χ1n) is 2.88. The summed E-state index contributed by atoms with van der Waals surface area (Å²) in [5.74, 6) is -0.833. The number of aliphatic carboxylic acids is 1. The van der Waals surface area contributed by atoms with Gasteiger partial charge >= 0.3 is 0 Å². The van der Waals surface area contributed by atoms with Gasteiger partial charge in [-0.15, -0.1) is 0 Å². The fraction of sp³-hybridized carbons (Fsp3) is 0.143. The molecule has 0 atom stereocenters. The van der Waals surface area contributed by atoms with E-state index in [2.05, 4.69) is 27.6 Å². The minimum Gasteiger partial charge on any atom is -0.481 e. The number of hydrogen-bond donors (Lipinski definition) is 1. The molecule has 1 rings (SSSR count). The first kappa shape index (κ1) is 10.3. The van der Waals surface area contributed by atoms with Crippen LogP contribution in [0.25, 0.3) is 0 Å². The lowest BCUT2D eigenvalue weighted by molar-refractivity contribution is -0.134. The van der Waals surface area contributed by atoms with Crippen molar-refractivity contribution in [3.05, 3.63) is 28.1 Å². The van der Waals surface area contributed by atoms with E-state index < -0.39 is 5.97 Å². The molecular weight excluding hydrogens is 257 g/mol. The molecule has 11 heavy (non-hydrogen) atoms. The Hall–Kier alpha value is -0.650. The molecule has 0 amide bonds. The van der Waals surface area contributed by atoms with Crippen LogP contribution in [0.1, 0.15) is 6.92 Å². The average molecular weight is 265 g/mol. The number of rotatable bonds is 0. The number of halogens is 1. The van der Waals surface area contributed by atoms with E-state index in [0.717, 1.165) is 6.92 Å². The zero-order chi connectivity index (χ0) is 8.69. The van der Waals surface area contributed by atoms with Crippen LogP contribution in [0, 0.1) is 3.57 Å². The van der Waals surface area contributed by atoms with Crippen molar-refractivity contribution in [1.29, 1.82) is 0 Å². The van der Waals surface area contributed by atoms with Gasteiger partial charge in [-0.05, 0) is 34.7 Å². The SMILES string of the molecule is CC(=O)O.Ic1ccncc1. The Kier molecular flexibility index (Phi) is 5.73. The van der Waals surface area contributed by atoms with Crippen LogP contribution in [0.15, 0.2) is 24.5 Å². The van der Waals surface area contributed by atoms with Gasteiger partial charge in [0, 0.05) is 22.9 Å². The Morgan fingerprint density at radius 3 is 2.09 bits per heavy atom. The summed E-state index contributed by atoms with van der Waals surface area (Å²) in [7, 11) is 0. The Bertz CT molecular complexity index is 209. The zero-order valence-corrected chi connectivity index (χ0v) is 8.15. The Morgan fingerprint density at radius 2 is 1.91 bits per heavy atom. The molecule has 60 valence electrons. The van der Waals surface area contributed by atoms with Gasteiger partial charge in [-0.25, -0.2) is 0 Å². The van der Waals surface area contributed by atoms with Gasteiger partial charge in [-0.3, -0.25) is 9.78 Å². The molecule has 0 aromatic carbocycles. The predicted octanol–water partition coefficient (Wildman–Crippen LogP) is 1.78. The van der Waals surface area contributed by atoms with E-state index >= 15 is 0 Å². The smallest absolute Gasteiger partial charge is 0.300 e. The van der Waals surface area contributed by atoms with Crippen LogP contribution in [0.3, 0.4) is 0 Å². The summed E-state index contributed by atoms with van der Waals surface area (Å²) in [6, 6.07) is 3.92. The quantitative estimate of drug-likeness (QED) is 0.727. The number of carboxylic acids is 1. The molecule has 0 fully saturated rings. The van der Waals surface area contributed by atoms with E-state index in [1.54, 1.807) is 12.4 Å². The molecule has 0 spiro atoms. The number of pyridine rings is 1. The van der Waals surface area contributed by atoms with E-state index in [-0.39, 0.29) is 0 Å². The van der Waals surface area contributed by atoms with Crippen molar-refractivity contribution in [2.24, 2.45) is 0 Å². The van der Waals surface area contributed by atoms with Crippen molar-refractivity contribution < 1.29 is 9.90 Å². The standard InChI is InChI=1S/C5H4IN.C2H4O2/c6-5-1-3-7-4-2-5;1-2(3)4/h1-4H;1H3,(H,3,4). The van der Waals surface area contributed by atoms with Gasteiger partial charge < -0.3 is 5.11 Å². The van der Waals surface area contributed by atoms with Crippen LogP contribution in [-0.2, 0) is 4.79 Å². The first-order chi connectivity index (χ1) is 5.13. The lowest BCUT2D eigenvalue weighted by atomic mass is 10.5. The molecule has 0 bridgehead atoms. The number of carboxylic acid groups (broad SMARTS) is 1. The summed E-state index contributed by atoms with van der Waals surface area (Å²) in [4.78, 5) is 12.8. The second kappa shape index (κ2) is 6.09.